The van der Waals surface area contributed by atoms with E-state index in [2.05, 4.69) is 17.0 Å². The normalized spacial score (nSPS) is 11.2. The lowest BCUT2D eigenvalue weighted by molar-refractivity contribution is 0.0964. The van der Waals surface area contributed by atoms with E-state index in [1.165, 1.54) is 19.2 Å². The van der Waals surface area contributed by atoms with Crippen LogP contribution in [0.1, 0.15) is 43.0 Å². The van der Waals surface area contributed by atoms with Gasteiger partial charge < -0.3 is 5.32 Å². The maximum absolute atomic E-state index is 12.0. The third kappa shape index (κ3) is 5.93. The molecule has 0 bridgehead atoms. The molecule has 1 amide bonds. The number of hydrogen-bond acceptors (Lipinski definition) is 3. The highest BCUT2D eigenvalue weighted by Gasteiger charge is 2.16. The van der Waals surface area contributed by atoms with Crippen LogP contribution < -0.4 is 10.0 Å². The van der Waals surface area contributed by atoms with Gasteiger partial charge in [0.25, 0.3) is 5.91 Å². The van der Waals surface area contributed by atoms with Gasteiger partial charge in [0, 0.05) is 12.1 Å². The van der Waals surface area contributed by atoms with E-state index in [1.807, 2.05) is 0 Å². The Balaban J connectivity index is 2.84. The molecule has 0 saturated carbocycles. The summed E-state index contributed by atoms with van der Waals surface area (Å²) in [6.45, 7) is 2.07. The molecular weight excluding hydrogens is 312 g/mol. The van der Waals surface area contributed by atoms with Gasteiger partial charge in [-0.1, -0.05) is 37.8 Å². The van der Waals surface area contributed by atoms with Crippen LogP contribution in [0, 0.1) is 0 Å². The number of anilines is 1. The number of hydrogen-bond donors (Lipinski definition) is 2. The summed E-state index contributed by atoms with van der Waals surface area (Å²) >= 11 is 5.85. The minimum Gasteiger partial charge on any atom is -0.355 e. The lowest BCUT2D eigenvalue weighted by Crippen LogP contribution is -2.23. The van der Waals surface area contributed by atoms with Crippen molar-refractivity contribution in [3.63, 3.8) is 0 Å². The third-order valence-electron chi connectivity index (χ3n) is 2.99. The molecule has 2 N–H and O–H groups in total. The number of amides is 1. The second kappa shape index (κ2) is 8.24. The molecule has 1 aromatic rings. The summed E-state index contributed by atoms with van der Waals surface area (Å²) < 4.78 is 26.5. The molecule has 7 heteroatoms. The van der Waals surface area contributed by atoms with Gasteiger partial charge in [0.2, 0.25) is 10.0 Å². The Bertz CT molecular complexity index is 588. The highest BCUT2D eigenvalue weighted by atomic mass is 35.5. The van der Waals surface area contributed by atoms with Gasteiger partial charge in [-0.15, -0.1) is 0 Å². The zero-order valence-corrected chi connectivity index (χ0v) is 13.9. The fourth-order valence-corrected chi connectivity index (χ4v) is 3.24. The topological polar surface area (TPSA) is 75.3 Å². The van der Waals surface area contributed by atoms with Gasteiger partial charge in [-0.3, -0.25) is 9.52 Å². The van der Waals surface area contributed by atoms with Crippen LogP contribution in [0.3, 0.4) is 0 Å². The predicted molar refractivity (Wildman–Crippen MR) is 86.4 cm³/mol. The maximum atomic E-state index is 12.0. The Morgan fingerprint density at radius 1 is 1.24 bits per heavy atom. The van der Waals surface area contributed by atoms with Crippen LogP contribution in [0.5, 0.6) is 0 Å². The number of sulfonamides is 1. The van der Waals surface area contributed by atoms with E-state index >= 15 is 0 Å². The third-order valence-corrected chi connectivity index (χ3v) is 4.58. The Labute approximate surface area is 131 Å². The van der Waals surface area contributed by atoms with E-state index in [9.17, 15) is 13.2 Å². The average molecular weight is 333 g/mol. The van der Waals surface area contributed by atoms with E-state index in [-0.39, 0.29) is 22.9 Å². The predicted octanol–water partition coefficient (Wildman–Crippen LogP) is 3.02. The van der Waals surface area contributed by atoms with Crippen molar-refractivity contribution in [3.05, 3.63) is 28.8 Å². The van der Waals surface area contributed by atoms with Crippen molar-refractivity contribution in [2.45, 2.75) is 32.6 Å². The number of halogens is 1. The first-order valence-corrected chi connectivity index (χ1v) is 8.94. The first-order valence-electron chi connectivity index (χ1n) is 6.91. The first-order chi connectivity index (χ1) is 9.89. The highest BCUT2D eigenvalue weighted by molar-refractivity contribution is 7.92. The molecule has 0 unspecified atom stereocenters. The molecule has 0 aliphatic heterocycles. The van der Waals surface area contributed by atoms with Crippen molar-refractivity contribution in [1.82, 2.24) is 5.32 Å². The maximum Gasteiger partial charge on any atom is 0.253 e. The molecule has 0 atom stereocenters. The van der Waals surface area contributed by atoms with Crippen LogP contribution in [0.25, 0.3) is 0 Å². The molecule has 0 radical (unpaired) electrons. The number of rotatable bonds is 8. The lowest BCUT2D eigenvalue weighted by atomic mass is 10.2. The molecule has 0 fully saturated rings. The quantitative estimate of drug-likeness (QED) is 0.718. The van der Waals surface area contributed by atoms with Gasteiger partial charge in [0.1, 0.15) is 0 Å². The van der Waals surface area contributed by atoms with Crippen molar-refractivity contribution in [1.29, 1.82) is 0 Å². The van der Waals surface area contributed by atoms with Crippen LogP contribution in [0.15, 0.2) is 18.2 Å². The molecule has 0 aliphatic rings. The molecule has 118 valence electrons. The number of unbranched alkanes of at least 4 members (excludes halogenated alkanes) is 3. The van der Waals surface area contributed by atoms with Crippen LogP contribution in [-0.2, 0) is 10.0 Å². The Morgan fingerprint density at radius 2 is 1.95 bits per heavy atom. The summed E-state index contributed by atoms with van der Waals surface area (Å²) in [5.41, 5.74) is 0.455. The van der Waals surface area contributed by atoms with Crippen LogP contribution in [0.4, 0.5) is 5.69 Å². The number of carbonyl (C=O) groups excluding carboxylic acids is 1. The number of carbonyl (C=O) groups is 1. The highest BCUT2D eigenvalue weighted by Crippen LogP contribution is 2.22. The van der Waals surface area contributed by atoms with Gasteiger partial charge >= 0.3 is 0 Å². The zero-order chi connectivity index (χ0) is 15.9. The summed E-state index contributed by atoms with van der Waals surface area (Å²) in [5.74, 6) is -0.343. The molecular formula is C14H21ClN2O3S. The molecule has 1 aromatic carbocycles. The van der Waals surface area contributed by atoms with Crippen LogP contribution in [0.2, 0.25) is 5.02 Å². The van der Waals surface area contributed by atoms with E-state index in [0.29, 0.717) is 11.4 Å². The second-order valence-electron chi connectivity index (χ2n) is 4.75. The Kier molecular flexibility index (Phi) is 6.98. The smallest absolute Gasteiger partial charge is 0.253 e. The fourth-order valence-electron chi connectivity index (χ4n) is 1.87. The summed E-state index contributed by atoms with van der Waals surface area (Å²) in [6.07, 6.45) is 3.54. The summed E-state index contributed by atoms with van der Waals surface area (Å²) in [6, 6.07) is 4.48. The summed E-state index contributed by atoms with van der Waals surface area (Å²) in [5, 5.41) is 2.84. The second-order valence-corrected chi connectivity index (χ2v) is 7.03. The fraction of sp³-hybridized carbons (Fsp3) is 0.500. The summed E-state index contributed by atoms with van der Waals surface area (Å²) in [4.78, 5) is 11.8. The SMILES string of the molecule is CCCCCCS(=O)(=O)Nc1ccc(Cl)cc1C(=O)NC. The largest absolute Gasteiger partial charge is 0.355 e. The molecule has 0 heterocycles. The lowest BCUT2D eigenvalue weighted by Gasteiger charge is -2.12. The van der Waals surface area contributed by atoms with Crippen LogP contribution in [-0.4, -0.2) is 27.1 Å². The summed E-state index contributed by atoms with van der Waals surface area (Å²) in [7, 11) is -1.99. The number of nitrogens with one attached hydrogen (secondary N) is 2. The zero-order valence-electron chi connectivity index (χ0n) is 12.3. The van der Waals surface area contributed by atoms with E-state index in [4.69, 9.17) is 11.6 Å². The van der Waals surface area contributed by atoms with Crippen molar-refractivity contribution >= 4 is 33.2 Å². The number of benzene rings is 1. The molecule has 0 aromatic heterocycles. The van der Waals surface area contributed by atoms with E-state index in [1.54, 1.807) is 6.07 Å². The molecule has 0 aliphatic carbocycles. The van der Waals surface area contributed by atoms with Gasteiger partial charge in [-0.25, -0.2) is 8.42 Å². The minimum absolute atomic E-state index is 0.0445. The Hall–Kier alpha value is -1.27. The van der Waals surface area contributed by atoms with Gasteiger partial charge in [0.15, 0.2) is 0 Å². The molecule has 0 saturated heterocycles. The van der Waals surface area contributed by atoms with Crippen molar-refractivity contribution in [3.8, 4) is 0 Å². The molecule has 1 rings (SSSR count). The van der Waals surface area contributed by atoms with Gasteiger partial charge in [-0.05, 0) is 24.6 Å². The monoisotopic (exact) mass is 332 g/mol. The van der Waals surface area contributed by atoms with Gasteiger partial charge in [-0.2, -0.15) is 0 Å². The average Bonchev–Trinajstić information content (AvgIpc) is 2.44. The Morgan fingerprint density at radius 3 is 2.57 bits per heavy atom. The van der Waals surface area contributed by atoms with E-state index < -0.39 is 10.0 Å². The standard InChI is InChI=1S/C14H21ClN2O3S/c1-3-4-5-6-9-21(19,20)17-13-8-7-11(15)10-12(13)14(18)16-2/h7-8,10,17H,3-6,9H2,1-2H3,(H,16,18). The van der Waals surface area contributed by atoms with Crippen molar-refractivity contribution in [2.24, 2.45) is 0 Å². The van der Waals surface area contributed by atoms with Gasteiger partial charge in [0.05, 0.1) is 17.0 Å². The van der Waals surface area contributed by atoms with Crippen molar-refractivity contribution in [2.75, 3.05) is 17.5 Å². The molecule has 0 spiro atoms. The molecule has 5 nitrogen and oxygen atoms in total. The minimum atomic E-state index is -3.47. The van der Waals surface area contributed by atoms with Crippen LogP contribution >= 0.6 is 11.6 Å². The van der Waals surface area contributed by atoms with E-state index in [0.717, 1.165) is 19.3 Å². The van der Waals surface area contributed by atoms with Crippen molar-refractivity contribution < 1.29 is 13.2 Å². The first kappa shape index (κ1) is 17.8. The molecule has 21 heavy (non-hydrogen) atoms.